The monoisotopic (exact) mass is 430 g/mol. The maximum absolute atomic E-state index is 13.1. The second-order valence-corrected chi connectivity index (χ2v) is 9.50. The van der Waals surface area contributed by atoms with Crippen LogP contribution in [0.4, 0.5) is 5.00 Å². The number of hydrogen-bond donors (Lipinski definition) is 2. The Labute approximate surface area is 180 Å². The van der Waals surface area contributed by atoms with Crippen LogP contribution in [0.1, 0.15) is 33.6 Å². The molecule has 0 bridgehead atoms. The summed E-state index contributed by atoms with van der Waals surface area (Å²) in [4.78, 5) is 27.1. The van der Waals surface area contributed by atoms with Crippen molar-refractivity contribution in [3.8, 4) is 11.4 Å². The van der Waals surface area contributed by atoms with E-state index >= 15 is 0 Å². The van der Waals surface area contributed by atoms with E-state index in [4.69, 9.17) is 4.98 Å². The van der Waals surface area contributed by atoms with Gasteiger partial charge in [0.15, 0.2) is 0 Å². The van der Waals surface area contributed by atoms with Gasteiger partial charge in [-0.2, -0.15) is 0 Å². The number of nitrogens with one attached hydrogen (secondary N) is 2. The van der Waals surface area contributed by atoms with Gasteiger partial charge in [0.05, 0.1) is 32.3 Å². The lowest BCUT2D eigenvalue weighted by molar-refractivity contribution is 0.102. The smallest absolute Gasteiger partial charge is 0.256 e. The largest absolute Gasteiger partial charge is 0.338 e. The molecule has 5 aromatic rings. The third-order valence-electron chi connectivity index (χ3n) is 5.62. The molecule has 0 unspecified atom stereocenters. The molecule has 3 aromatic heterocycles. The molecule has 0 fully saturated rings. The van der Waals surface area contributed by atoms with Crippen molar-refractivity contribution in [1.29, 1.82) is 0 Å². The number of fused-ring (bicyclic) bond motifs is 3. The van der Waals surface area contributed by atoms with Gasteiger partial charge in [-0.1, -0.05) is 12.1 Å². The van der Waals surface area contributed by atoms with Gasteiger partial charge in [-0.25, -0.2) is 9.97 Å². The Morgan fingerprint density at radius 2 is 1.97 bits per heavy atom. The number of thiophene rings is 1. The number of hydrogen-bond acceptors (Lipinski definition) is 5. The highest BCUT2D eigenvalue weighted by Crippen LogP contribution is 2.44. The molecule has 7 heteroatoms. The molecule has 148 valence electrons. The summed E-state index contributed by atoms with van der Waals surface area (Å²) in [6.07, 6.45) is 4.46. The van der Waals surface area contributed by atoms with Crippen LogP contribution in [0.25, 0.3) is 32.6 Å². The number of para-hydroxylation sites is 2. The van der Waals surface area contributed by atoms with E-state index in [1.54, 1.807) is 28.2 Å². The maximum Gasteiger partial charge on any atom is 0.256 e. The van der Waals surface area contributed by atoms with E-state index in [9.17, 15) is 4.79 Å². The maximum atomic E-state index is 13.1. The first-order chi connectivity index (χ1) is 14.8. The summed E-state index contributed by atoms with van der Waals surface area (Å²) in [5, 5.41) is 4.07. The van der Waals surface area contributed by atoms with E-state index in [1.807, 2.05) is 42.5 Å². The lowest BCUT2D eigenvalue weighted by Crippen LogP contribution is -2.11. The molecule has 0 spiro atoms. The summed E-state index contributed by atoms with van der Waals surface area (Å²) < 4.78 is 1.02. The summed E-state index contributed by atoms with van der Waals surface area (Å²) in [6, 6.07) is 13.7. The molecule has 0 aliphatic heterocycles. The molecule has 1 amide bonds. The minimum atomic E-state index is -0.0961. The fraction of sp³-hybridized carbons (Fsp3) is 0.174. The van der Waals surface area contributed by atoms with Crippen LogP contribution in [0.15, 0.2) is 48.0 Å². The number of imidazole rings is 1. The molecular weight excluding hydrogens is 412 g/mol. The van der Waals surface area contributed by atoms with Crippen molar-refractivity contribution in [3.05, 3.63) is 64.0 Å². The summed E-state index contributed by atoms with van der Waals surface area (Å²) in [5.41, 5.74) is 7.71. The lowest BCUT2D eigenvalue weighted by atomic mass is 9.95. The molecular formula is C23H18N4OS2. The Balaban J connectivity index is 1.43. The van der Waals surface area contributed by atoms with Crippen LogP contribution < -0.4 is 5.32 Å². The SMILES string of the molecule is O=C(Nc1sc2c(c1-c1nc3ccccc3[nH]1)CCCC2)c1ccc2ncsc2c1. The second-order valence-electron chi connectivity index (χ2n) is 7.51. The highest BCUT2D eigenvalue weighted by atomic mass is 32.1. The lowest BCUT2D eigenvalue weighted by Gasteiger charge is -2.12. The number of amides is 1. The number of rotatable bonds is 3. The van der Waals surface area contributed by atoms with Crippen molar-refractivity contribution in [1.82, 2.24) is 15.0 Å². The average molecular weight is 431 g/mol. The zero-order valence-electron chi connectivity index (χ0n) is 16.1. The predicted octanol–water partition coefficient (Wildman–Crippen LogP) is 6.03. The molecule has 0 saturated carbocycles. The van der Waals surface area contributed by atoms with E-state index in [0.29, 0.717) is 5.56 Å². The van der Waals surface area contributed by atoms with Crippen LogP contribution in [0.2, 0.25) is 0 Å². The van der Waals surface area contributed by atoms with Crippen LogP contribution in [0.3, 0.4) is 0 Å². The molecule has 0 saturated heterocycles. The number of carbonyl (C=O) groups excluding carboxylic acids is 1. The standard InChI is InChI=1S/C23H18N4OS2/c28-22(13-9-10-17-19(11-13)29-12-24-17)27-23-20(14-5-1-4-8-18(14)30-23)21-25-15-6-2-3-7-16(15)26-21/h2-3,6-7,9-12H,1,4-5,8H2,(H,25,26)(H,27,28). The minimum absolute atomic E-state index is 0.0961. The number of nitrogens with zero attached hydrogens (tertiary/aromatic N) is 2. The molecule has 0 radical (unpaired) electrons. The van der Waals surface area contributed by atoms with E-state index in [1.165, 1.54) is 23.3 Å². The van der Waals surface area contributed by atoms with Crippen LogP contribution in [0.5, 0.6) is 0 Å². The zero-order chi connectivity index (χ0) is 20.1. The van der Waals surface area contributed by atoms with Gasteiger partial charge in [0, 0.05) is 10.4 Å². The summed E-state index contributed by atoms with van der Waals surface area (Å²) in [7, 11) is 0. The van der Waals surface area contributed by atoms with Gasteiger partial charge in [0.2, 0.25) is 0 Å². The van der Waals surface area contributed by atoms with Crippen molar-refractivity contribution in [2.75, 3.05) is 5.32 Å². The zero-order valence-corrected chi connectivity index (χ0v) is 17.7. The highest BCUT2D eigenvalue weighted by Gasteiger charge is 2.25. The molecule has 6 rings (SSSR count). The second kappa shape index (κ2) is 7.04. The Morgan fingerprint density at radius 3 is 2.90 bits per heavy atom. The summed E-state index contributed by atoms with van der Waals surface area (Å²) in [5.74, 6) is 0.741. The van der Waals surface area contributed by atoms with Gasteiger partial charge in [0.1, 0.15) is 10.8 Å². The third kappa shape index (κ3) is 2.93. The Hall–Kier alpha value is -3.03. The fourth-order valence-corrected chi connectivity index (χ4v) is 6.15. The van der Waals surface area contributed by atoms with Crippen molar-refractivity contribution in [3.63, 3.8) is 0 Å². The first-order valence-corrected chi connectivity index (χ1v) is 11.7. The number of carbonyl (C=O) groups is 1. The number of aromatic amines is 1. The normalized spacial score (nSPS) is 13.6. The van der Waals surface area contributed by atoms with Crippen LogP contribution in [-0.4, -0.2) is 20.9 Å². The molecule has 0 atom stereocenters. The number of aryl methyl sites for hydroxylation is 1. The van der Waals surface area contributed by atoms with E-state index < -0.39 is 0 Å². The van der Waals surface area contributed by atoms with Gasteiger partial charge >= 0.3 is 0 Å². The molecule has 3 heterocycles. The molecule has 2 aromatic carbocycles. The summed E-state index contributed by atoms with van der Waals surface area (Å²) in [6.45, 7) is 0. The van der Waals surface area contributed by atoms with Crippen LogP contribution >= 0.6 is 22.7 Å². The first kappa shape index (κ1) is 17.8. The first-order valence-electron chi connectivity index (χ1n) is 10.0. The van der Waals surface area contributed by atoms with Gasteiger partial charge < -0.3 is 10.3 Å². The number of benzene rings is 2. The fourth-order valence-electron chi connectivity index (χ4n) is 4.15. The van der Waals surface area contributed by atoms with Crippen LogP contribution in [0, 0.1) is 0 Å². The van der Waals surface area contributed by atoms with Crippen molar-refractivity contribution < 1.29 is 4.79 Å². The Morgan fingerprint density at radius 1 is 1.07 bits per heavy atom. The topological polar surface area (TPSA) is 70.7 Å². The molecule has 2 N–H and O–H groups in total. The van der Waals surface area contributed by atoms with E-state index in [2.05, 4.69) is 15.3 Å². The number of aromatic nitrogens is 3. The van der Waals surface area contributed by atoms with E-state index in [0.717, 1.165) is 50.5 Å². The van der Waals surface area contributed by atoms with Gasteiger partial charge in [-0.05, 0) is 61.6 Å². The molecule has 5 nitrogen and oxygen atoms in total. The minimum Gasteiger partial charge on any atom is -0.338 e. The van der Waals surface area contributed by atoms with Crippen molar-refractivity contribution >= 4 is 54.8 Å². The van der Waals surface area contributed by atoms with Gasteiger partial charge in [0.25, 0.3) is 5.91 Å². The average Bonchev–Trinajstić information content (AvgIpc) is 3.48. The van der Waals surface area contributed by atoms with Crippen LogP contribution in [-0.2, 0) is 12.8 Å². The molecule has 1 aliphatic carbocycles. The van der Waals surface area contributed by atoms with Crippen molar-refractivity contribution in [2.24, 2.45) is 0 Å². The van der Waals surface area contributed by atoms with E-state index in [-0.39, 0.29) is 5.91 Å². The third-order valence-corrected chi connectivity index (χ3v) is 7.62. The molecule has 30 heavy (non-hydrogen) atoms. The Kier molecular flexibility index (Phi) is 4.17. The van der Waals surface area contributed by atoms with Gasteiger partial charge in [-0.3, -0.25) is 4.79 Å². The van der Waals surface area contributed by atoms with Gasteiger partial charge in [-0.15, -0.1) is 22.7 Å². The Bertz CT molecular complexity index is 1380. The number of H-pyrrole nitrogens is 1. The van der Waals surface area contributed by atoms with Crippen molar-refractivity contribution in [2.45, 2.75) is 25.7 Å². The number of anilines is 1. The summed E-state index contributed by atoms with van der Waals surface area (Å²) >= 11 is 3.24. The predicted molar refractivity (Wildman–Crippen MR) is 124 cm³/mol. The molecule has 1 aliphatic rings. The number of thiazole rings is 1. The quantitative estimate of drug-likeness (QED) is 0.367. The highest BCUT2D eigenvalue weighted by molar-refractivity contribution is 7.17.